The number of hydrogen-bond donors (Lipinski definition) is 2. The van der Waals surface area contributed by atoms with E-state index in [9.17, 15) is 14.9 Å². The molecule has 7 nitrogen and oxygen atoms in total. The normalized spacial score (nSPS) is 10.6. The summed E-state index contributed by atoms with van der Waals surface area (Å²) in [6, 6.07) is 4.50. The van der Waals surface area contributed by atoms with Crippen molar-refractivity contribution in [2.24, 2.45) is 0 Å². The highest BCUT2D eigenvalue weighted by molar-refractivity contribution is 5.90. The van der Waals surface area contributed by atoms with Crippen molar-refractivity contribution in [1.82, 2.24) is 9.88 Å². The van der Waals surface area contributed by atoms with E-state index in [1.807, 2.05) is 0 Å². The van der Waals surface area contributed by atoms with Crippen LogP contribution in [0, 0.1) is 10.1 Å². The number of aromatic amines is 1. The molecule has 0 aliphatic heterocycles. The Hall–Kier alpha value is -2.67. The van der Waals surface area contributed by atoms with Gasteiger partial charge in [0.05, 0.1) is 18.0 Å². The van der Waals surface area contributed by atoms with Gasteiger partial charge < -0.3 is 15.0 Å². The van der Waals surface area contributed by atoms with Crippen molar-refractivity contribution in [3.05, 3.63) is 52.7 Å². The van der Waals surface area contributed by atoms with Gasteiger partial charge in [0, 0.05) is 42.3 Å². The van der Waals surface area contributed by atoms with E-state index in [2.05, 4.69) is 11.6 Å². The zero-order valence-electron chi connectivity index (χ0n) is 12.0. The number of nitro benzene ring substituents is 1. The summed E-state index contributed by atoms with van der Waals surface area (Å²) in [6.45, 7) is 4.04. The Bertz CT molecular complexity index is 708. The Kier molecular flexibility index (Phi) is 4.90. The van der Waals surface area contributed by atoms with Crippen molar-refractivity contribution in [1.29, 1.82) is 0 Å². The average molecular weight is 303 g/mol. The number of non-ortho nitro benzene ring substituents is 1. The first kappa shape index (κ1) is 15.7. The minimum Gasteiger partial charge on any atom is -0.395 e. The zero-order valence-corrected chi connectivity index (χ0v) is 12.0. The molecule has 0 radical (unpaired) electrons. The molecule has 0 unspecified atom stereocenters. The van der Waals surface area contributed by atoms with Crippen molar-refractivity contribution in [3.63, 3.8) is 0 Å². The summed E-state index contributed by atoms with van der Waals surface area (Å²) in [4.78, 5) is 27.2. The van der Waals surface area contributed by atoms with Crippen LogP contribution >= 0.6 is 0 Å². The standard InChI is InChI=1S/C15H17N3O4/c1-2-5-17(6-7-19)15(20)8-11-10-16-14-4-3-12(18(21)22)9-13(11)14/h2-4,9-10,16,19H,1,5-8H2. The van der Waals surface area contributed by atoms with Gasteiger partial charge in [-0.2, -0.15) is 0 Å². The van der Waals surface area contributed by atoms with Gasteiger partial charge in [-0.15, -0.1) is 6.58 Å². The molecule has 0 aliphatic rings. The lowest BCUT2D eigenvalue weighted by Crippen LogP contribution is -2.34. The first-order valence-electron chi connectivity index (χ1n) is 6.80. The highest BCUT2D eigenvalue weighted by atomic mass is 16.6. The second-order valence-corrected chi connectivity index (χ2v) is 4.83. The molecule has 1 aromatic heterocycles. The van der Waals surface area contributed by atoms with Crippen LogP contribution in [0.5, 0.6) is 0 Å². The van der Waals surface area contributed by atoms with Crippen LogP contribution in [-0.2, 0) is 11.2 Å². The number of carbonyl (C=O) groups is 1. The van der Waals surface area contributed by atoms with E-state index in [0.29, 0.717) is 17.5 Å². The number of amides is 1. The fourth-order valence-electron chi connectivity index (χ4n) is 2.30. The van der Waals surface area contributed by atoms with Crippen LogP contribution < -0.4 is 0 Å². The molecule has 22 heavy (non-hydrogen) atoms. The molecular formula is C15H17N3O4. The van der Waals surface area contributed by atoms with Crippen LogP contribution in [0.3, 0.4) is 0 Å². The van der Waals surface area contributed by atoms with E-state index >= 15 is 0 Å². The highest BCUT2D eigenvalue weighted by Gasteiger charge is 2.16. The lowest BCUT2D eigenvalue weighted by molar-refractivity contribution is -0.384. The van der Waals surface area contributed by atoms with E-state index in [-0.39, 0.29) is 31.2 Å². The SMILES string of the molecule is C=CCN(CCO)C(=O)Cc1c[nH]c2ccc([N+](=O)[O-])cc12. The lowest BCUT2D eigenvalue weighted by Gasteiger charge is -2.19. The van der Waals surface area contributed by atoms with Gasteiger partial charge in [0.25, 0.3) is 5.69 Å². The Morgan fingerprint density at radius 3 is 2.91 bits per heavy atom. The maximum Gasteiger partial charge on any atom is 0.270 e. The molecule has 7 heteroatoms. The Labute approximate surface area is 127 Å². The molecule has 1 aromatic carbocycles. The van der Waals surface area contributed by atoms with Gasteiger partial charge in [0.15, 0.2) is 0 Å². The second-order valence-electron chi connectivity index (χ2n) is 4.83. The maximum absolute atomic E-state index is 12.3. The monoisotopic (exact) mass is 303 g/mol. The van der Waals surface area contributed by atoms with Crippen molar-refractivity contribution in [2.45, 2.75) is 6.42 Å². The van der Waals surface area contributed by atoms with E-state index in [0.717, 1.165) is 5.52 Å². The van der Waals surface area contributed by atoms with Crippen LogP contribution in [0.4, 0.5) is 5.69 Å². The van der Waals surface area contributed by atoms with E-state index in [1.54, 1.807) is 18.3 Å². The number of aromatic nitrogens is 1. The number of nitro groups is 1. The fourth-order valence-corrected chi connectivity index (χ4v) is 2.30. The van der Waals surface area contributed by atoms with Crippen molar-refractivity contribution in [2.75, 3.05) is 19.7 Å². The third-order valence-electron chi connectivity index (χ3n) is 3.38. The number of H-pyrrole nitrogens is 1. The van der Waals surface area contributed by atoms with Crippen LogP contribution in [0.2, 0.25) is 0 Å². The number of nitrogens with one attached hydrogen (secondary N) is 1. The number of benzene rings is 1. The number of rotatable bonds is 7. The molecule has 0 bridgehead atoms. The molecule has 116 valence electrons. The maximum atomic E-state index is 12.3. The predicted molar refractivity (Wildman–Crippen MR) is 82.5 cm³/mol. The van der Waals surface area contributed by atoms with Gasteiger partial charge in [-0.05, 0) is 11.6 Å². The number of nitrogens with zero attached hydrogens (tertiary/aromatic N) is 2. The summed E-state index contributed by atoms with van der Waals surface area (Å²) in [5.41, 5.74) is 1.42. The van der Waals surface area contributed by atoms with Crippen molar-refractivity contribution >= 4 is 22.5 Å². The summed E-state index contributed by atoms with van der Waals surface area (Å²) in [5.74, 6) is -0.165. The largest absolute Gasteiger partial charge is 0.395 e. The molecule has 0 saturated heterocycles. The molecule has 1 amide bonds. The van der Waals surface area contributed by atoms with Gasteiger partial charge in [-0.1, -0.05) is 6.08 Å². The average Bonchev–Trinajstić information content (AvgIpc) is 2.89. The summed E-state index contributed by atoms with van der Waals surface area (Å²) < 4.78 is 0. The molecular weight excluding hydrogens is 286 g/mol. The molecule has 0 aliphatic carbocycles. The van der Waals surface area contributed by atoms with E-state index in [1.165, 1.54) is 17.0 Å². The molecule has 0 spiro atoms. The minimum absolute atomic E-state index is 0.0147. The van der Waals surface area contributed by atoms with E-state index < -0.39 is 4.92 Å². The Morgan fingerprint density at radius 1 is 1.50 bits per heavy atom. The third-order valence-corrected chi connectivity index (χ3v) is 3.38. The van der Waals surface area contributed by atoms with Crippen LogP contribution in [0.1, 0.15) is 5.56 Å². The Morgan fingerprint density at radius 2 is 2.27 bits per heavy atom. The second kappa shape index (κ2) is 6.86. The van der Waals surface area contributed by atoms with Gasteiger partial charge in [-0.25, -0.2) is 0 Å². The number of fused-ring (bicyclic) bond motifs is 1. The summed E-state index contributed by atoms with van der Waals surface area (Å²) in [7, 11) is 0. The third kappa shape index (κ3) is 3.32. The molecule has 0 fully saturated rings. The molecule has 0 atom stereocenters. The number of hydrogen-bond acceptors (Lipinski definition) is 4. The van der Waals surface area contributed by atoms with Crippen LogP contribution in [0.15, 0.2) is 37.1 Å². The molecule has 1 heterocycles. The molecule has 2 aromatic rings. The van der Waals surface area contributed by atoms with Crippen molar-refractivity contribution < 1.29 is 14.8 Å². The molecule has 2 rings (SSSR count). The Balaban J connectivity index is 2.26. The van der Waals surface area contributed by atoms with Crippen LogP contribution in [-0.4, -0.2) is 45.5 Å². The van der Waals surface area contributed by atoms with Gasteiger partial charge >= 0.3 is 0 Å². The van der Waals surface area contributed by atoms with Gasteiger partial charge in [0.2, 0.25) is 5.91 Å². The smallest absolute Gasteiger partial charge is 0.270 e. The first-order chi connectivity index (χ1) is 10.6. The number of aliphatic hydroxyl groups is 1. The highest BCUT2D eigenvalue weighted by Crippen LogP contribution is 2.24. The number of aliphatic hydroxyl groups excluding tert-OH is 1. The summed E-state index contributed by atoms with van der Waals surface area (Å²) in [6.07, 6.45) is 3.37. The quantitative estimate of drug-likeness (QED) is 0.461. The van der Waals surface area contributed by atoms with Crippen molar-refractivity contribution in [3.8, 4) is 0 Å². The van der Waals surface area contributed by atoms with Gasteiger partial charge in [-0.3, -0.25) is 14.9 Å². The lowest BCUT2D eigenvalue weighted by atomic mass is 10.1. The number of carbonyl (C=O) groups excluding carboxylic acids is 1. The minimum atomic E-state index is -0.464. The molecule has 0 saturated carbocycles. The summed E-state index contributed by atoms with van der Waals surface area (Å²) >= 11 is 0. The zero-order chi connectivity index (χ0) is 16.1. The van der Waals surface area contributed by atoms with Gasteiger partial charge in [0.1, 0.15) is 0 Å². The molecule has 2 N–H and O–H groups in total. The topological polar surface area (TPSA) is 99.5 Å². The predicted octanol–water partition coefficient (Wildman–Crippen LogP) is 1.63. The fraction of sp³-hybridized carbons (Fsp3) is 0.267. The van der Waals surface area contributed by atoms with Crippen LogP contribution in [0.25, 0.3) is 10.9 Å². The first-order valence-corrected chi connectivity index (χ1v) is 6.80. The summed E-state index contributed by atoms with van der Waals surface area (Å²) in [5, 5.41) is 20.5. The van der Waals surface area contributed by atoms with E-state index in [4.69, 9.17) is 5.11 Å².